The SMILES string of the molecule is c1ccc2c(c1)CC(CNCCCN1CCCC1)CO2. The number of rotatable bonds is 6. The quantitative estimate of drug-likeness (QED) is 0.806. The summed E-state index contributed by atoms with van der Waals surface area (Å²) in [4.78, 5) is 2.58. The van der Waals surface area contributed by atoms with Gasteiger partial charge in [-0.1, -0.05) is 18.2 Å². The minimum absolute atomic E-state index is 0.622. The van der Waals surface area contributed by atoms with Crippen LogP contribution in [0.2, 0.25) is 0 Å². The van der Waals surface area contributed by atoms with Crippen molar-refractivity contribution in [3.05, 3.63) is 29.8 Å². The monoisotopic (exact) mass is 274 g/mol. The molecule has 3 heteroatoms. The molecule has 0 amide bonds. The van der Waals surface area contributed by atoms with Crippen LogP contribution in [0.25, 0.3) is 0 Å². The Bertz CT molecular complexity index is 415. The fourth-order valence-electron chi connectivity index (χ4n) is 3.26. The van der Waals surface area contributed by atoms with Gasteiger partial charge in [-0.2, -0.15) is 0 Å². The average Bonchev–Trinajstić information content (AvgIpc) is 3.00. The second-order valence-electron chi connectivity index (χ2n) is 6.10. The zero-order valence-electron chi connectivity index (χ0n) is 12.3. The fourth-order valence-corrected chi connectivity index (χ4v) is 3.26. The van der Waals surface area contributed by atoms with E-state index in [9.17, 15) is 0 Å². The molecule has 1 fully saturated rings. The second-order valence-corrected chi connectivity index (χ2v) is 6.10. The summed E-state index contributed by atoms with van der Waals surface area (Å²) in [5.41, 5.74) is 1.36. The molecule has 2 aliphatic rings. The summed E-state index contributed by atoms with van der Waals surface area (Å²) in [5, 5.41) is 3.60. The topological polar surface area (TPSA) is 24.5 Å². The largest absolute Gasteiger partial charge is 0.493 e. The molecule has 3 rings (SSSR count). The van der Waals surface area contributed by atoms with Crippen LogP contribution in [-0.4, -0.2) is 44.2 Å². The van der Waals surface area contributed by atoms with Crippen LogP contribution in [-0.2, 0) is 6.42 Å². The standard InChI is InChI=1S/C17H26N2O/c1-2-7-17-16(6-1)12-15(14-20-17)13-18-8-5-11-19-9-3-4-10-19/h1-2,6-7,15,18H,3-5,8-14H2. The van der Waals surface area contributed by atoms with Crippen molar-refractivity contribution < 1.29 is 4.74 Å². The maximum atomic E-state index is 5.83. The highest BCUT2D eigenvalue weighted by Crippen LogP contribution is 2.26. The number of fused-ring (bicyclic) bond motifs is 1. The maximum absolute atomic E-state index is 5.83. The van der Waals surface area contributed by atoms with Crippen molar-refractivity contribution in [3.8, 4) is 5.75 Å². The zero-order chi connectivity index (χ0) is 13.6. The lowest BCUT2D eigenvalue weighted by atomic mass is 9.97. The molecule has 1 unspecified atom stereocenters. The molecule has 1 atom stereocenters. The molecule has 0 aromatic heterocycles. The number of benzene rings is 1. The predicted octanol–water partition coefficient (Wildman–Crippen LogP) is 2.31. The van der Waals surface area contributed by atoms with E-state index in [-0.39, 0.29) is 0 Å². The first-order valence-electron chi connectivity index (χ1n) is 8.05. The first kappa shape index (κ1) is 13.9. The van der Waals surface area contributed by atoms with E-state index >= 15 is 0 Å². The van der Waals surface area contributed by atoms with E-state index in [2.05, 4.69) is 34.5 Å². The average molecular weight is 274 g/mol. The number of nitrogens with one attached hydrogen (secondary N) is 1. The molecule has 0 radical (unpaired) electrons. The first-order valence-corrected chi connectivity index (χ1v) is 8.05. The van der Waals surface area contributed by atoms with Gasteiger partial charge < -0.3 is 15.0 Å². The molecule has 1 N–H and O–H groups in total. The van der Waals surface area contributed by atoms with Crippen molar-refractivity contribution in [1.82, 2.24) is 10.2 Å². The number of hydrogen-bond acceptors (Lipinski definition) is 3. The summed E-state index contributed by atoms with van der Waals surface area (Å²) in [7, 11) is 0. The Labute approximate surface area is 122 Å². The van der Waals surface area contributed by atoms with E-state index < -0.39 is 0 Å². The number of likely N-dealkylation sites (tertiary alicyclic amines) is 1. The Kier molecular flexibility index (Phi) is 4.93. The molecule has 3 nitrogen and oxygen atoms in total. The molecule has 1 aromatic rings. The van der Waals surface area contributed by atoms with Gasteiger partial charge in [0.15, 0.2) is 0 Å². The van der Waals surface area contributed by atoms with E-state index in [4.69, 9.17) is 4.74 Å². The van der Waals surface area contributed by atoms with Gasteiger partial charge in [-0.15, -0.1) is 0 Å². The van der Waals surface area contributed by atoms with Gasteiger partial charge in [0.1, 0.15) is 5.75 Å². The molecule has 0 aliphatic carbocycles. The van der Waals surface area contributed by atoms with E-state index in [0.717, 1.165) is 31.9 Å². The van der Waals surface area contributed by atoms with Crippen LogP contribution in [0.15, 0.2) is 24.3 Å². The number of nitrogens with zero attached hydrogens (tertiary/aromatic N) is 1. The van der Waals surface area contributed by atoms with Crippen molar-refractivity contribution in [2.75, 3.05) is 39.3 Å². The van der Waals surface area contributed by atoms with Crippen LogP contribution in [0.4, 0.5) is 0 Å². The lowest BCUT2D eigenvalue weighted by Gasteiger charge is -2.25. The van der Waals surface area contributed by atoms with Gasteiger partial charge in [0, 0.05) is 12.5 Å². The third-order valence-electron chi connectivity index (χ3n) is 4.42. The Balaban J connectivity index is 1.31. The Morgan fingerprint density at radius 3 is 2.95 bits per heavy atom. The first-order chi connectivity index (χ1) is 9.92. The number of hydrogen-bond donors (Lipinski definition) is 1. The summed E-state index contributed by atoms with van der Waals surface area (Å²) in [5.74, 6) is 1.70. The van der Waals surface area contributed by atoms with E-state index in [1.165, 1.54) is 44.5 Å². The van der Waals surface area contributed by atoms with Crippen LogP contribution in [0, 0.1) is 5.92 Å². The van der Waals surface area contributed by atoms with Crippen LogP contribution < -0.4 is 10.1 Å². The zero-order valence-corrected chi connectivity index (χ0v) is 12.3. The van der Waals surface area contributed by atoms with Crippen molar-refractivity contribution in [1.29, 1.82) is 0 Å². The third-order valence-corrected chi connectivity index (χ3v) is 4.42. The van der Waals surface area contributed by atoms with Crippen LogP contribution in [0.5, 0.6) is 5.75 Å². The van der Waals surface area contributed by atoms with Gasteiger partial charge in [-0.25, -0.2) is 0 Å². The van der Waals surface area contributed by atoms with Crippen LogP contribution in [0.1, 0.15) is 24.8 Å². The molecule has 20 heavy (non-hydrogen) atoms. The molecular formula is C17H26N2O. The summed E-state index contributed by atoms with van der Waals surface area (Å²) in [6.07, 6.45) is 5.21. The Hall–Kier alpha value is -1.06. The molecular weight excluding hydrogens is 248 g/mol. The Morgan fingerprint density at radius 2 is 2.05 bits per heavy atom. The van der Waals surface area contributed by atoms with E-state index in [1.807, 2.05) is 0 Å². The van der Waals surface area contributed by atoms with Gasteiger partial charge in [0.25, 0.3) is 0 Å². The molecule has 2 aliphatic heterocycles. The lowest BCUT2D eigenvalue weighted by molar-refractivity contribution is 0.217. The maximum Gasteiger partial charge on any atom is 0.122 e. The summed E-state index contributed by atoms with van der Waals surface area (Å²) >= 11 is 0. The van der Waals surface area contributed by atoms with Crippen LogP contribution >= 0.6 is 0 Å². The molecule has 1 aromatic carbocycles. The van der Waals surface area contributed by atoms with Gasteiger partial charge >= 0.3 is 0 Å². The van der Waals surface area contributed by atoms with Gasteiger partial charge in [0.2, 0.25) is 0 Å². The molecule has 0 bridgehead atoms. The van der Waals surface area contributed by atoms with Crippen molar-refractivity contribution in [3.63, 3.8) is 0 Å². The second kappa shape index (κ2) is 7.09. The minimum Gasteiger partial charge on any atom is -0.493 e. The summed E-state index contributed by atoms with van der Waals surface area (Å²) < 4.78 is 5.83. The van der Waals surface area contributed by atoms with Crippen molar-refractivity contribution in [2.45, 2.75) is 25.7 Å². The van der Waals surface area contributed by atoms with Gasteiger partial charge in [-0.3, -0.25) is 0 Å². The van der Waals surface area contributed by atoms with E-state index in [0.29, 0.717) is 5.92 Å². The smallest absolute Gasteiger partial charge is 0.122 e. The van der Waals surface area contributed by atoms with Gasteiger partial charge in [0.05, 0.1) is 6.61 Å². The van der Waals surface area contributed by atoms with Crippen molar-refractivity contribution in [2.24, 2.45) is 5.92 Å². The fraction of sp³-hybridized carbons (Fsp3) is 0.647. The van der Waals surface area contributed by atoms with E-state index in [1.54, 1.807) is 0 Å². The molecule has 0 spiro atoms. The third kappa shape index (κ3) is 3.74. The highest BCUT2D eigenvalue weighted by molar-refractivity contribution is 5.35. The molecule has 1 saturated heterocycles. The predicted molar refractivity (Wildman–Crippen MR) is 82.3 cm³/mol. The normalized spacial score (nSPS) is 22.5. The number of para-hydroxylation sites is 1. The minimum atomic E-state index is 0.622. The lowest BCUT2D eigenvalue weighted by Crippen LogP contribution is -2.33. The number of ether oxygens (including phenoxy) is 1. The highest BCUT2D eigenvalue weighted by Gasteiger charge is 2.18. The molecule has 110 valence electrons. The highest BCUT2D eigenvalue weighted by atomic mass is 16.5. The molecule has 2 heterocycles. The molecule has 0 saturated carbocycles. The van der Waals surface area contributed by atoms with Crippen LogP contribution in [0.3, 0.4) is 0 Å². The summed E-state index contributed by atoms with van der Waals surface area (Å²) in [6.45, 7) is 6.95. The van der Waals surface area contributed by atoms with Gasteiger partial charge in [-0.05, 0) is 63.5 Å². The summed E-state index contributed by atoms with van der Waals surface area (Å²) in [6, 6.07) is 8.42. The van der Waals surface area contributed by atoms with Crippen molar-refractivity contribution >= 4 is 0 Å². The Morgan fingerprint density at radius 1 is 1.20 bits per heavy atom.